The highest BCUT2D eigenvalue weighted by Crippen LogP contribution is 2.41. The van der Waals surface area contributed by atoms with E-state index in [-0.39, 0.29) is 23.5 Å². The molecule has 0 fully saturated rings. The van der Waals surface area contributed by atoms with Crippen LogP contribution in [0.25, 0.3) is 0 Å². The van der Waals surface area contributed by atoms with Crippen LogP contribution in [0.2, 0.25) is 0 Å². The van der Waals surface area contributed by atoms with Gasteiger partial charge in [0.2, 0.25) is 0 Å². The van der Waals surface area contributed by atoms with E-state index in [9.17, 15) is 14.0 Å². The van der Waals surface area contributed by atoms with E-state index in [4.69, 9.17) is 18.9 Å². The standard InChI is InChI=1S/C21H21FO6/c1-21(2)10-14-5-4-6-18(20(14)28-21)26-12-19(24)27-11-16(23)13-7-8-17(25-3)15(22)9-13/h4-9H,10-12H2,1-3H3. The zero-order valence-corrected chi connectivity index (χ0v) is 15.9. The second-order valence-electron chi connectivity index (χ2n) is 7.00. The Bertz CT molecular complexity index is 906. The monoisotopic (exact) mass is 388 g/mol. The Kier molecular flexibility index (Phi) is 5.53. The lowest BCUT2D eigenvalue weighted by Crippen LogP contribution is -2.25. The Morgan fingerprint density at radius 1 is 1.14 bits per heavy atom. The molecular weight excluding hydrogens is 367 g/mol. The predicted octanol–water partition coefficient (Wildman–Crippen LogP) is 3.35. The summed E-state index contributed by atoms with van der Waals surface area (Å²) in [4.78, 5) is 24.0. The normalized spacial score (nSPS) is 14.0. The average molecular weight is 388 g/mol. The number of ether oxygens (including phenoxy) is 4. The first-order chi connectivity index (χ1) is 13.3. The summed E-state index contributed by atoms with van der Waals surface area (Å²) in [5, 5.41) is 0. The third-order valence-corrected chi connectivity index (χ3v) is 4.24. The molecule has 0 unspecified atom stereocenters. The molecule has 0 saturated carbocycles. The number of rotatable bonds is 7. The van der Waals surface area contributed by atoms with Crippen LogP contribution < -0.4 is 14.2 Å². The quantitative estimate of drug-likeness (QED) is 0.535. The zero-order chi connectivity index (χ0) is 20.3. The largest absolute Gasteiger partial charge is 0.494 e. The van der Waals surface area contributed by atoms with Gasteiger partial charge in [0.1, 0.15) is 5.60 Å². The molecule has 0 saturated heterocycles. The minimum atomic E-state index is -0.711. The molecule has 0 amide bonds. The van der Waals surface area contributed by atoms with Gasteiger partial charge in [-0.15, -0.1) is 0 Å². The molecule has 1 heterocycles. The van der Waals surface area contributed by atoms with Crippen LogP contribution in [0.3, 0.4) is 0 Å². The van der Waals surface area contributed by atoms with E-state index >= 15 is 0 Å². The van der Waals surface area contributed by atoms with E-state index in [1.165, 1.54) is 19.2 Å². The summed E-state index contributed by atoms with van der Waals surface area (Å²) >= 11 is 0. The van der Waals surface area contributed by atoms with Crippen molar-refractivity contribution in [3.63, 3.8) is 0 Å². The number of hydrogen-bond acceptors (Lipinski definition) is 6. The van der Waals surface area contributed by atoms with Crippen LogP contribution in [-0.2, 0) is 16.0 Å². The van der Waals surface area contributed by atoms with Gasteiger partial charge in [-0.25, -0.2) is 9.18 Å². The van der Waals surface area contributed by atoms with Crippen molar-refractivity contribution >= 4 is 11.8 Å². The molecule has 0 N–H and O–H groups in total. The topological polar surface area (TPSA) is 71.1 Å². The van der Waals surface area contributed by atoms with Gasteiger partial charge in [-0.3, -0.25) is 4.79 Å². The molecule has 148 valence electrons. The Labute approximate surface area is 162 Å². The van der Waals surface area contributed by atoms with Gasteiger partial charge in [-0.1, -0.05) is 12.1 Å². The molecule has 0 bridgehead atoms. The fourth-order valence-corrected chi connectivity index (χ4v) is 2.95. The molecule has 0 radical (unpaired) electrons. The van der Waals surface area contributed by atoms with E-state index in [0.717, 1.165) is 18.1 Å². The third-order valence-electron chi connectivity index (χ3n) is 4.24. The lowest BCUT2D eigenvalue weighted by Gasteiger charge is -2.18. The minimum absolute atomic E-state index is 0.0303. The molecule has 0 aliphatic carbocycles. The van der Waals surface area contributed by atoms with Gasteiger partial charge in [0.25, 0.3) is 0 Å². The summed E-state index contributed by atoms with van der Waals surface area (Å²) in [6, 6.07) is 9.26. The smallest absolute Gasteiger partial charge is 0.344 e. The molecule has 2 aromatic rings. The van der Waals surface area contributed by atoms with Gasteiger partial charge in [0.15, 0.2) is 42.1 Å². The molecule has 6 nitrogen and oxygen atoms in total. The van der Waals surface area contributed by atoms with Crippen LogP contribution in [0.1, 0.15) is 29.8 Å². The van der Waals surface area contributed by atoms with Crippen LogP contribution in [-0.4, -0.2) is 37.7 Å². The SMILES string of the molecule is COc1ccc(C(=O)COC(=O)COc2cccc3c2OC(C)(C)C3)cc1F. The number of esters is 1. The number of para-hydroxylation sites is 1. The summed E-state index contributed by atoms with van der Waals surface area (Å²) < 4.78 is 34.8. The molecule has 0 spiro atoms. The molecule has 3 rings (SSSR count). The third kappa shape index (κ3) is 4.42. The maximum atomic E-state index is 13.7. The lowest BCUT2D eigenvalue weighted by atomic mass is 10.0. The molecule has 1 aliphatic heterocycles. The van der Waals surface area contributed by atoms with Crippen molar-refractivity contribution in [1.29, 1.82) is 0 Å². The molecule has 0 aromatic heterocycles. The van der Waals surface area contributed by atoms with Gasteiger partial charge in [0, 0.05) is 17.5 Å². The number of benzene rings is 2. The van der Waals surface area contributed by atoms with Crippen molar-refractivity contribution in [2.45, 2.75) is 25.9 Å². The maximum absolute atomic E-state index is 13.7. The van der Waals surface area contributed by atoms with Crippen molar-refractivity contribution in [3.05, 3.63) is 53.3 Å². The van der Waals surface area contributed by atoms with Crippen molar-refractivity contribution in [2.75, 3.05) is 20.3 Å². The fraction of sp³-hybridized carbons (Fsp3) is 0.333. The molecule has 28 heavy (non-hydrogen) atoms. The summed E-state index contributed by atoms with van der Waals surface area (Å²) in [7, 11) is 1.33. The number of halogens is 1. The van der Waals surface area contributed by atoms with Crippen LogP contribution >= 0.6 is 0 Å². The van der Waals surface area contributed by atoms with E-state index in [2.05, 4.69) is 0 Å². The van der Waals surface area contributed by atoms with Crippen molar-refractivity contribution in [1.82, 2.24) is 0 Å². The van der Waals surface area contributed by atoms with Crippen LogP contribution in [0.15, 0.2) is 36.4 Å². The number of Topliss-reactive ketones (excluding diaryl/α,β-unsaturated/α-hetero) is 1. The summed E-state index contributed by atoms with van der Waals surface area (Å²) in [5.41, 5.74) is 0.763. The molecule has 7 heteroatoms. The van der Waals surface area contributed by atoms with Gasteiger partial charge in [-0.2, -0.15) is 0 Å². The number of methoxy groups -OCH3 is 1. The Morgan fingerprint density at radius 2 is 1.93 bits per heavy atom. The molecule has 2 aromatic carbocycles. The van der Waals surface area contributed by atoms with Gasteiger partial charge in [-0.05, 0) is 38.1 Å². The van der Waals surface area contributed by atoms with Crippen molar-refractivity contribution < 1.29 is 32.9 Å². The average Bonchev–Trinajstić information content (AvgIpc) is 2.98. The number of carbonyl (C=O) groups is 2. The Balaban J connectivity index is 1.53. The van der Waals surface area contributed by atoms with Gasteiger partial charge in [0.05, 0.1) is 7.11 Å². The first kappa shape index (κ1) is 19.7. The summed E-state index contributed by atoms with van der Waals surface area (Å²) in [6.07, 6.45) is 0.747. The summed E-state index contributed by atoms with van der Waals surface area (Å²) in [6.45, 7) is 3.06. The predicted molar refractivity (Wildman–Crippen MR) is 98.6 cm³/mol. The first-order valence-corrected chi connectivity index (χ1v) is 8.75. The number of fused-ring (bicyclic) bond motifs is 1. The van der Waals surface area contributed by atoms with Crippen molar-refractivity contribution in [2.24, 2.45) is 0 Å². The second-order valence-corrected chi connectivity index (χ2v) is 7.00. The number of ketones is 1. The maximum Gasteiger partial charge on any atom is 0.344 e. The molecule has 0 atom stereocenters. The molecular formula is C21H21FO6. The highest BCUT2D eigenvalue weighted by Gasteiger charge is 2.32. The molecule has 1 aliphatic rings. The first-order valence-electron chi connectivity index (χ1n) is 8.75. The van der Waals surface area contributed by atoms with E-state index < -0.39 is 24.2 Å². The van der Waals surface area contributed by atoms with Crippen LogP contribution in [0, 0.1) is 5.82 Å². The lowest BCUT2D eigenvalue weighted by molar-refractivity contribution is -0.144. The zero-order valence-electron chi connectivity index (χ0n) is 15.9. The van der Waals surface area contributed by atoms with E-state index in [1.807, 2.05) is 26.0 Å². The van der Waals surface area contributed by atoms with E-state index in [0.29, 0.717) is 11.5 Å². The van der Waals surface area contributed by atoms with Gasteiger partial charge >= 0.3 is 5.97 Å². The van der Waals surface area contributed by atoms with Crippen LogP contribution in [0.4, 0.5) is 4.39 Å². The second kappa shape index (κ2) is 7.88. The van der Waals surface area contributed by atoms with Gasteiger partial charge < -0.3 is 18.9 Å². The Hall–Kier alpha value is -3.09. The highest BCUT2D eigenvalue weighted by atomic mass is 19.1. The number of hydrogen-bond donors (Lipinski definition) is 0. The number of carbonyl (C=O) groups excluding carboxylic acids is 2. The summed E-state index contributed by atoms with van der Waals surface area (Å²) in [5.74, 6) is -0.807. The minimum Gasteiger partial charge on any atom is -0.494 e. The van der Waals surface area contributed by atoms with Crippen LogP contribution in [0.5, 0.6) is 17.2 Å². The van der Waals surface area contributed by atoms with Crippen molar-refractivity contribution in [3.8, 4) is 17.2 Å². The highest BCUT2D eigenvalue weighted by molar-refractivity contribution is 5.98. The van der Waals surface area contributed by atoms with E-state index in [1.54, 1.807) is 6.07 Å². The Morgan fingerprint density at radius 3 is 2.64 bits per heavy atom. The fourth-order valence-electron chi connectivity index (χ4n) is 2.95.